The van der Waals surface area contributed by atoms with Crippen LogP contribution in [0.3, 0.4) is 0 Å². The van der Waals surface area contributed by atoms with Gasteiger partial charge in [-0.3, -0.25) is 19.8 Å². The van der Waals surface area contributed by atoms with Crippen LogP contribution in [0.1, 0.15) is 26.5 Å². The number of ether oxygens (including phenoxy) is 1. The van der Waals surface area contributed by atoms with Crippen LogP contribution in [0.4, 0.5) is 16.4 Å². The summed E-state index contributed by atoms with van der Waals surface area (Å²) in [4.78, 5) is 54.7. The van der Waals surface area contributed by atoms with E-state index in [0.717, 1.165) is 10.0 Å². The summed E-state index contributed by atoms with van der Waals surface area (Å²) >= 11 is 3.39. The first-order valence-corrected chi connectivity index (χ1v) is 13.3. The van der Waals surface area contributed by atoms with E-state index in [9.17, 15) is 14.4 Å². The molecule has 4 aromatic rings. The Morgan fingerprint density at radius 3 is 2.65 bits per heavy atom. The number of piperazine rings is 1. The number of anilines is 2. The molecule has 1 saturated heterocycles. The minimum atomic E-state index is -0.888. The highest BCUT2D eigenvalue weighted by Crippen LogP contribution is 2.23. The van der Waals surface area contributed by atoms with Crippen molar-refractivity contribution in [2.75, 3.05) is 50.0 Å². The number of carbonyl (C=O) groups excluding carboxylic acids is 2. The van der Waals surface area contributed by atoms with E-state index in [1.807, 2.05) is 19.1 Å². The van der Waals surface area contributed by atoms with Crippen molar-refractivity contribution in [3.05, 3.63) is 64.1 Å². The molecule has 3 heterocycles. The molecule has 0 spiro atoms. The lowest BCUT2D eigenvalue weighted by Gasteiger charge is -2.32. The van der Waals surface area contributed by atoms with E-state index < -0.39 is 17.9 Å². The normalized spacial score (nSPS) is 13.8. The van der Waals surface area contributed by atoms with Crippen molar-refractivity contribution in [3.8, 4) is 5.75 Å². The Morgan fingerprint density at radius 2 is 1.88 bits per heavy atom. The van der Waals surface area contributed by atoms with Crippen LogP contribution < -0.4 is 15.4 Å². The van der Waals surface area contributed by atoms with E-state index in [4.69, 9.17) is 9.84 Å². The average Bonchev–Trinajstić information content (AvgIpc) is 3.58. The lowest BCUT2D eigenvalue weighted by molar-refractivity contribution is 0.0984. The van der Waals surface area contributed by atoms with Crippen LogP contribution in [0.25, 0.3) is 11.0 Å². The fourth-order valence-corrected chi connectivity index (χ4v) is 4.67. The van der Waals surface area contributed by atoms with Crippen molar-refractivity contribution in [2.24, 2.45) is 0 Å². The Bertz CT molecular complexity index is 1560. The van der Waals surface area contributed by atoms with Gasteiger partial charge in [0.25, 0.3) is 11.8 Å². The van der Waals surface area contributed by atoms with Crippen LogP contribution in [-0.4, -0.2) is 92.1 Å². The van der Waals surface area contributed by atoms with Crippen LogP contribution in [0, 0.1) is 6.92 Å². The number of aromatic nitrogens is 4. The van der Waals surface area contributed by atoms with E-state index in [2.05, 4.69) is 51.4 Å². The standard InChI is InChI=1S/C26H27BrN8O5/c1-15-2-3-16(27)12-19(15)30-23(36)21-22(29-14-28-21)24(37)33-25-31-18-5-4-17(13-20(18)32-25)40-11-10-34-6-8-35(9-7-34)26(38)39/h2-5,12-14H,6-11H2,1H3,(H,28,29)(H,30,36)(H,38,39)(H2,31,32,33,37). The zero-order valence-corrected chi connectivity index (χ0v) is 23.1. The van der Waals surface area contributed by atoms with E-state index >= 15 is 0 Å². The second-order valence-corrected chi connectivity index (χ2v) is 10.1. The van der Waals surface area contributed by atoms with Gasteiger partial charge in [-0.05, 0) is 36.8 Å². The molecule has 40 heavy (non-hydrogen) atoms. The quantitative estimate of drug-likeness (QED) is 0.202. The molecule has 1 aliphatic rings. The summed E-state index contributed by atoms with van der Waals surface area (Å²) < 4.78 is 6.69. The molecule has 5 rings (SSSR count). The molecule has 1 aliphatic heterocycles. The van der Waals surface area contributed by atoms with E-state index in [-0.39, 0.29) is 17.3 Å². The van der Waals surface area contributed by atoms with E-state index in [1.165, 1.54) is 11.2 Å². The fraction of sp³-hybridized carbons (Fsp3) is 0.269. The molecule has 0 aliphatic carbocycles. The molecule has 14 heteroatoms. The number of rotatable bonds is 8. The highest BCUT2D eigenvalue weighted by molar-refractivity contribution is 9.10. The van der Waals surface area contributed by atoms with Crippen molar-refractivity contribution < 1.29 is 24.2 Å². The third-order valence-electron chi connectivity index (χ3n) is 6.53. The van der Waals surface area contributed by atoms with Crippen LogP contribution in [-0.2, 0) is 0 Å². The predicted octanol–water partition coefficient (Wildman–Crippen LogP) is 3.54. The summed E-state index contributed by atoms with van der Waals surface area (Å²) in [6, 6.07) is 10.9. The molecule has 0 saturated carbocycles. The molecule has 0 bridgehead atoms. The maximum atomic E-state index is 13.0. The predicted molar refractivity (Wildman–Crippen MR) is 151 cm³/mol. The summed E-state index contributed by atoms with van der Waals surface area (Å²) in [5.41, 5.74) is 2.70. The number of nitrogens with zero attached hydrogens (tertiary/aromatic N) is 4. The maximum absolute atomic E-state index is 13.0. The van der Waals surface area contributed by atoms with Gasteiger partial charge < -0.3 is 30.0 Å². The van der Waals surface area contributed by atoms with Gasteiger partial charge in [-0.1, -0.05) is 22.0 Å². The Kier molecular flexibility index (Phi) is 7.98. The Labute approximate surface area is 237 Å². The number of halogens is 1. The number of fused-ring (bicyclic) bond motifs is 1. The highest BCUT2D eigenvalue weighted by atomic mass is 79.9. The van der Waals surface area contributed by atoms with Crippen LogP contribution in [0.15, 0.2) is 47.2 Å². The lowest BCUT2D eigenvalue weighted by Crippen LogP contribution is -2.49. The van der Waals surface area contributed by atoms with E-state index in [0.29, 0.717) is 61.8 Å². The Balaban J connectivity index is 1.18. The number of carbonyl (C=O) groups is 3. The maximum Gasteiger partial charge on any atom is 0.407 e. The van der Waals surface area contributed by atoms with Gasteiger partial charge in [0.2, 0.25) is 5.95 Å². The molecule has 3 amide bonds. The van der Waals surface area contributed by atoms with Crippen molar-refractivity contribution in [1.29, 1.82) is 0 Å². The molecule has 208 valence electrons. The number of aryl methyl sites for hydroxylation is 1. The number of hydrogen-bond donors (Lipinski definition) is 5. The third-order valence-corrected chi connectivity index (χ3v) is 7.03. The van der Waals surface area contributed by atoms with Crippen LogP contribution in [0.2, 0.25) is 0 Å². The molecular formula is C26H27BrN8O5. The zero-order valence-electron chi connectivity index (χ0n) is 21.5. The first kappa shape index (κ1) is 27.1. The van der Waals surface area contributed by atoms with Gasteiger partial charge in [0.1, 0.15) is 18.1 Å². The Morgan fingerprint density at radius 1 is 1.07 bits per heavy atom. The first-order valence-electron chi connectivity index (χ1n) is 12.5. The minimum absolute atomic E-state index is 0.00110. The molecule has 0 radical (unpaired) electrons. The summed E-state index contributed by atoms with van der Waals surface area (Å²) in [6.45, 7) is 5.29. The van der Waals surface area contributed by atoms with Crippen molar-refractivity contribution >= 4 is 56.5 Å². The topological polar surface area (TPSA) is 169 Å². The molecular weight excluding hydrogens is 584 g/mol. The van der Waals surface area contributed by atoms with Gasteiger partial charge in [0.05, 0.1) is 17.4 Å². The first-order chi connectivity index (χ1) is 19.3. The number of imidazole rings is 2. The molecule has 5 N–H and O–H groups in total. The number of benzene rings is 2. The van der Waals surface area contributed by atoms with Crippen molar-refractivity contribution in [1.82, 2.24) is 29.7 Å². The van der Waals surface area contributed by atoms with Crippen LogP contribution in [0.5, 0.6) is 5.75 Å². The molecule has 2 aromatic carbocycles. The minimum Gasteiger partial charge on any atom is -0.492 e. The number of H-pyrrole nitrogens is 2. The van der Waals surface area contributed by atoms with Gasteiger partial charge >= 0.3 is 6.09 Å². The third kappa shape index (κ3) is 6.24. The molecule has 0 atom stereocenters. The SMILES string of the molecule is Cc1ccc(Br)cc1NC(=O)c1nc[nH]c1C(=O)Nc1nc2ccc(OCCN3CCN(C(=O)O)CC3)cc2[nH]1. The largest absolute Gasteiger partial charge is 0.492 e. The van der Waals surface area contributed by atoms with Gasteiger partial charge in [-0.15, -0.1) is 0 Å². The summed E-state index contributed by atoms with van der Waals surface area (Å²) in [5, 5.41) is 14.5. The van der Waals surface area contributed by atoms with Gasteiger partial charge in [0, 0.05) is 49.0 Å². The number of hydrogen-bond acceptors (Lipinski definition) is 7. The highest BCUT2D eigenvalue weighted by Gasteiger charge is 2.22. The molecule has 1 fully saturated rings. The van der Waals surface area contributed by atoms with Crippen molar-refractivity contribution in [3.63, 3.8) is 0 Å². The molecule has 13 nitrogen and oxygen atoms in total. The molecule has 0 unspecified atom stereocenters. The lowest BCUT2D eigenvalue weighted by atomic mass is 10.2. The summed E-state index contributed by atoms with van der Waals surface area (Å²) in [7, 11) is 0. The van der Waals surface area contributed by atoms with Gasteiger partial charge in [-0.2, -0.15) is 0 Å². The Hall–Kier alpha value is -4.43. The number of carboxylic acid groups (broad SMARTS) is 1. The second kappa shape index (κ2) is 11.8. The number of nitrogens with one attached hydrogen (secondary N) is 4. The van der Waals surface area contributed by atoms with Gasteiger partial charge in [0.15, 0.2) is 5.69 Å². The second-order valence-electron chi connectivity index (χ2n) is 9.22. The van der Waals surface area contributed by atoms with E-state index in [1.54, 1.807) is 24.3 Å². The smallest absolute Gasteiger partial charge is 0.407 e. The summed E-state index contributed by atoms with van der Waals surface area (Å²) in [5.74, 6) is -0.263. The number of aromatic amines is 2. The monoisotopic (exact) mass is 610 g/mol. The number of amides is 3. The summed E-state index contributed by atoms with van der Waals surface area (Å²) in [6.07, 6.45) is 0.396. The van der Waals surface area contributed by atoms with Gasteiger partial charge in [-0.25, -0.2) is 14.8 Å². The van der Waals surface area contributed by atoms with Crippen LogP contribution >= 0.6 is 15.9 Å². The zero-order chi connectivity index (χ0) is 28.2. The average molecular weight is 611 g/mol. The molecule has 2 aromatic heterocycles. The fourth-order valence-electron chi connectivity index (χ4n) is 4.31. The van der Waals surface area contributed by atoms with Crippen molar-refractivity contribution in [2.45, 2.75) is 6.92 Å².